The maximum absolute atomic E-state index is 12.2. The van der Waals surface area contributed by atoms with Crippen molar-refractivity contribution in [3.63, 3.8) is 0 Å². The molecular formula is C27H23N7O2. The first kappa shape index (κ1) is 21.8. The third-order valence-corrected chi connectivity index (χ3v) is 6.31. The van der Waals surface area contributed by atoms with Crippen molar-refractivity contribution in [3.8, 4) is 22.6 Å². The molecule has 0 unspecified atom stereocenters. The quantitative estimate of drug-likeness (QED) is 0.374. The Morgan fingerprint density at radius 2 is 1.81 bits per heavy atom. The largest absolute Gasteiger partial charge is 0.441 e. The van der Waals surface area contributed by atoms with Gasteiger partial charge in [-0.3, -0.25) is 5.32 Å². The molecule has 1 amide bonds. The molecule has 9 nitrogen and oxygen atoms in total. The number of cyclic esters (lactones) is 1. The number of rotatable bonds is 5. The van der Waals surface area contributed by atoms with Crippen LogP contribution in [0, 0.1) is 6.92 Å². The molecule has 0 spiro atoms. The van der Waals surface area contributed by atoms with Gasteiger partial charge in [0.25, 0.3) is 0 Å². The normalized spacial score (nSPS) is 14.8. The van der Waals surface area contributed by atoms with Crippen molar-refractivity contribution in [1.29, 1.82) is 0 Å². The van der Waals surface area contributed by atoms with Crippen LogP contribution in [0.25, 0.3) is 33.8 Å². The number of hydrogen-bond acceptors (Lipinski definition) is 7. The molecule has 1 aliphatic rings. The summed E-state index contributed by atoms with van der Waals surface area (Å²) in [6.07, 6.45) is 4.81. The summed E-state index contributed by atoms with van der Waals surface area (Å²) >= 11 is 0. The number of benzene rings is 2. The van der Waals surface area contributed by atoms with Gasteiger partial charge >= 0.3 is 6.09 Å². The van der Waals surface area contributed by atoms with Crippen molar-refractivity contribution >= 4 is 22.9 Å². The Kier molecular flexibility index (Phi) is 5.37. The van der Waals surface area contributed by atoms with Crippen LogP contribution in [0.4, 0.5) is 10.5 Å². The second-order valence-electron chi connectivity index (χ2n) is 8.60. The minimum absolute atomic E-state index is 0.415. The van der Waals surface area contributed by atoms with Gasteiger partial charge in [-0.25, -0.2) is 29.7 Å². The van der Waals surface area contributed by atoms with E-state index in [1.54, 1.807) is 18.7 Å². The van der Waals surface area contributed by atoms with Crippen LogP contribution < -0.4 is 5.32 Å². The predicted octanol–water partition coefficient (Wildman–Crippen LogP) is 5.12. The highest BCUT2D eigenvalue weighted by atomic mass is 16.6. The van der Waals surface area contributed by atoms with E-state index in [9.17, 15) is 4.79 Å². The number of aromatic nitrogens is 6. The topological polar surface area (TPSA) is 108 Å². The van der Waals surface area contributed by atoms with E-state index in [4.69, 9.17) is 9.72 Å². The number of aryl methyl sites for hydroxylation is 2. The Morgan fingerprint density at radius 1 is 1.00 bits per heavy atom. The fraction of sp³-hybridized carbons (Fsp3) is 0.185. The number of carbonyl (C=O) groups excluding carboxylic acids is 1. The molecule has 5 aromatic rings. The number of amides is 1. The van der Waals surface area contributed by atoms with Crippen LogP contribution in [-0.2, 0) is 17.7 Å². The fourth-order valence-corrected chi connectivity index (χ4v) is 4.58. The minimum Gasteiger partial charge on any atom is -0.441 e. The number of nitrogens with zero attached hydrogens (tertiary/aromatic N) is 6. The Morgan fingerprint density at radius 3 is 2.58 bits per heavy atom. The number of imidazole rings is 1. The maximum atomic E-state index is 12.2. The van der Waals surface area contributed by atoms with Gasteiger partial charge in [0.2, 0.25) is 0 Å². The van der Waals surface area contributed by atoms with Crippen LogP contribution in [0.1, 0.15) is 30.0 Å². The van der Waals surface area contributed by atoms with Crippen LogP contribution in [-0.4, -0.2) is 35.6 Å². The molecule has 2 aromatic carbocycles. The number of ether oxygens (including phenoxy) is 1. The van der Waals surface area contributed by atoms with E-state index in [-0.39, 0.29) is 0 Å². The summed E-state index contributed by atoms with van der Waals surface area (Å²) in [7, 11) is 0. The monoisotopic (exact) mass is 477 g/mol. The van der Waals surface area contributed by atoms with Crippen molar-refractivity contribution in [1.82, 2.24) is 29.5 Å². The van der Waals surface area contributed by atoms with Crippen LogP contribution in [0.15, 0.2) is 67.3 Å². The zero-order valence-corrected chi connectivity index (χ0v) is 19.8. The van der Waals surface area contributed by atoms with Crippen molar-refractivity contribution in [3.05, 3.63) is 84.2 Å². The average Bonchev–Trinajstić information content (AvgIpc) is 3.28. The minimum atomic E-state index is -0.452. The molecule has 0 aliphatic carbocycles. The Labute approximate surface area is 207 Å². The van der Waals surface area contributed by atoms with Gasteiger partial charge in [0.05, 0.1) is 11.3 Å². The summed E-state index contributed by atoms with van der Waals surface area (Å²) in [4.78, 5) is 34.9. The zero-order valence-electron chi connectivity index (χ0n) is 19.8. The highest BCUT2D eigenvalue weighted by Crippen LogP contribution is 2.37. The summed E-state index contributed by atoms with van der Waals surface area (Å²) in [5.74, 6) is 1.44. The van der Waals surface area contributed by atoms with E-state index in [2.05, 4.69) is 32.2 Å². The smallest absolute Gasteiger partial charge is 0.412 e. The molecule has 178 valence electrons. The molecule has 6 rings (SSSR count). The van der Waals surface area contributed by atoms with Crippen molar-refractivity contribution in [2.75, 3.05) is 5.32 Å². The predicted molar refractivity (Wildman–Crippen MR) is 135 cm³/mol. The van der Waals surface area contributed by atoms with E-state index in [1.807, 2.05) is 60.0 Å². The molecule has 0 saturated carbocycles. The summed E-state index contributed by atoms with van der Waals surface area (Å²) in [5, 5.41) is 2.81. The molecule has 4 heterocycles. The third kappa shape index (κ3) is 3.84. The number of fused-ring (bicyclic) bond motifs is 2. The van der Waals surface area contributed by atoms with Crippen LogP contribution in [0.2, 0.25) is 0 Å². The summed E-state index contributed by atoms with van der Waals surface area (Å²) < 4.78 is 7.72. The maximum Gasteiger partial charge on any atom is 0.412 e. The summed E-state index contributed by atoms with van der Waals surface area (Å²) in [6.45, 7) is 4.58. The lowest BCUT2D eigenvalue weighted by molar-refractivity contribution is 0.106. The van der Waals surface area contributed by atoms with Crippen molar-refractivity contribution in [2.24, 2.45) is 0 Å². The molecular weight excluding hydrogens is 454 g/mol. The second kappa shape index (κ2) is 8.84. The van der Waals surface area contributed by atoms with Crippen molar-refractivity contribution < 1.29 is 9.53 Å². The molecule has 1 atom stereocenters. The van der Waals surface area contributed by atoms with E-state index in [0.717, 1.165) is 39.4 Å². The number of anilines is 1. The number of hydrogen-bond donors (Lipinski definition) is 1. The highest BCUT2D eigenvalue weighted by Gasteiger charge is 2.28. The summed E-state index contributed by atoms with van der Waals surface area (Å²) in [6, 6.07) is 15.8. The SMILES string of the molecule is CCn1c(-c2cnc(C)nc2)nc2c(-c3ccc4c(c3)[C@H](Cc3ccccc3)OC(=O)N4)ncnc21. The molecule has 1 aliphatic heterocycles. The van der Waals surface area contributed by atoms with Crippen LogP contribution in [0.5, 0.6) is 0 Å². The lowest BCUT2D eigenvalue weighted by atomic mass is 9.96. The van der Waals surface area contributed by atoms with Crippen LogP contribution in [0.3, 0.4) is 0 Å². The third-order valence-electron chi connectivity index (χ3n) is 6.31. The van der Waals surface area contributed by atoms with Gasteiger partial charge in [0.1, 0.15) is 35.3 Å². The lowest BCUT2D eigenvalue weighted by Crippen LogP contribution is -2.25. The van der Waals surface area contributed by atoms with E-state index < -0.39 is 12.2 Å². The zero-order chi connectivity index (χ0) is 24.6. The Bertz CT molecular complexity index is 1580. The number of carbonyl (C=O) groups is 1. The molecule has 9 heteroatoms. The van der Waals surface area contributed by atoms with Gasteiger partial charge in [-0.15, -0.1) is 0 Å². The van der Waals surface area contributed by atoms with Gasteiger partial charge in [-0.1, -0.05) is 36.4 Å². The highest BCUT2D eigenvalue weighted by molar-refractivity contribution is 5.92. The molecule has 3 aromatic heterocycles. The standard InChI is InChI=1S/C27H23N7O2/c1-3-34-25(19-13-28-16(2)29-14-19)33-24-23(30-15-31-26(24)34)18-9-10-21-20(12-18)22(36-27(35)32-21)11-17-7-5-4-6-8-17/h4-10,12-15,22H,3,11H2,1-2H3,(H,32,35)/t22-/m0/s1. The fourth-order valence-electron chi connectivity index (χ4n) is 4.58. The molecule has 0 fully saturated rings. The second-order valence-corrected chi connectivity index (χ2v) is 8.60. The average molecular weight is 478 g/mol. The lowest BCUT2D eigenvalue weighted by Gasteiger charge is -2.27. The first-order chi connectivity index (χ1) is 17.6. The first-order valence-corrected chi connectivity index (χ1v) is 11.8. The molecule has 1 N–H and O–H groups in total. The molecule has 0 saturated heterocycles. The number of nitrogens with one attached hydrogen (secondary N) is 1. The van der Waals surface area contributed by atoms with E-state index >= 15 is 0 Å². The molecule has 36 heavy (non-hydrogen) atoms. The van der Waals surface area contributed by atoms with Gasteiger partial charge in [0, 0.05) is 36.5 Å². The molecule has 0 radical (unpaired) electrons. The summed E-state index contributed by atoms with van der Waals surface area (Å²) in [5.41, 5.74) is 6.53. The Hall–Kier alpha value is -4.66. The van der Waals surface area contributed by atoms with E-state index in [0.29, 0.717) is 30.0 Å². The van der Waals surface area contributed by atoms with Crippen molar-refractivity contribution in [2.45, 2.75) is 32.9 Å². The van der Waals surface area contributed by atoms with Gasteiger partial charge in [0.15, 0.2) is 5.65 Å². The van der Waals surface area contributed by atoms with E-state index in [1.165, 1.54) is 0 Å². The first-order valence-electron chi connectivity index (χ1n) is 11.8. The molecule has 0 bridgehead atoms. The van der Waals surface area contributed by atoms with Gasteiger partial charge in [-0.05, 0) is 31.5 Å². The van der Waals surface area contributed by atoms with Crippen LogP contribution >= 0.6 is 0 Å². The van der Waals surface area contributed by atoms with Gasteiger partial charge in [-0.2, -0.15) is 0 Å². The Balaban J connectivity index is 1.46. The van der Waals surface area contributed by atoms with Gasteiger partial charge < -0.3 is 9.30 Å².